The van der Waals surface area contributed by atoms with Crippen LogP contribution in [0, 0.1) is 0 Å². The predicted octanol–water partition coefficient (Wildman–Crippen LogP) is 0.800. The number of sulfone groups is 1. The second-order valence-corrected chi connectivity index (χ2v) is 7.46. The lowest BCUT2D eigenvalue weighted by molar-refractivity contribution is -0.0503. The SMILES string of the molecule is Cn1c(CS(=O)(=O)Cc2ccccc2OC(F)F)cc(=O)n(C)c1=O. The van der Waals surface area contributed by atoms with Crippen LogP contribution in [-0.4, -0.2) is 24.2 Å². The van der Waals surface area contributed by atoms with Crippen LogP contribution < -0.4 is 16.0 Å². The highest BCUT2D eigenvalue weighted by Gasteiger charge is 2.20. The first-order valence-electron chi connectivity index (χ1n) is 7.10. The third kappa shape index (κ3) is 4.53. The summed E-state index contributed by atoms with van der Waals surface area (Å²) in [6, 6.07) is 6.60. The molecule has 0 aliphatic rings. The van der Waals surface area contributed by atoms with Crippen molar-refractivity contribution in [3.63, 3.8) is 0 Å². The lowest BCUT2D eigenvalue weighted by Crippen LogP contribution is -2.38. The van der Waals surface area contributed by atoms with E-state index in [1.54, 1.807) is 0 Å². The van der Waals surface area contributed by atoms with Gasteiger partial charge in [-0.05, 0) is 6.07 Å². The Hall–Kier alpha value is -2.49. The van der Waals surface area contributed by atoms with Crippen LogP contribution >= 0.6 is 0 Å². The third-order valence-electron chi connectivity index (χ3n) is 3.56. The fourth-order valence-corrected chi connectivity index (χ4v) is 3.81. The van der Waals surface area contributed by atoms with Gasteiger partial charge in [-0.3, -0.25) is 13.9 Å². The topological polar surface area (TPSA) is 87.4 Å². The number of hydrogen-bond acceptors (Lipinski definition) is 5. The van der Waals surface area contributed by atoms with Crippen LogP contribution in [0.15, 0.2) is 39.9 Å². The molecule has 0 radical (unpaired) electrons. The van der Waals surface area contributed by atoms with Gasteiger partial charge in [0.1, 0.15) is 5.75 Å². The van der Waals surface area contributed by atoms with E-state index in [2.05, 4.69) is 4.74 Å². The first kappa shape index (κ1) is 18.8. The summed E-state index contributed by atoms with van der Waals surface area (Å²) >= 11 is 0. The number of para-hydroxylation sites is 1. The molecule has 0 bridgehead atoms. The van der Waals surface area contributed by atoms with Gasteiger partial charge in [0.15, 0.2) is 9.84 Å². The Labute approximate surface area is 142 Å². The maximum Gasteiger partial charge on any atom is 0.387 e. The summed E-state index contributed by atoms with van der Waals surface area (Å²) in [7, 11) is -1.22. The molecule has 0 fully saturated rings. The van der Waals surface area contributed by atoms with Crippen molar-refractivity contribution in [2.24, 2.45) is 14.1 Å². The molecule has 7 nitrogen and oxygen atoms in total. The maximum atomic E-state index is 12.4. The Kier molecular flexibility index (Phi) is 5.41. The first-order valence-corrected chi connectivity index (χ1v) is 8.92. The number of halogens is 2. The lowest BCUT2D eigenvalue weighted by atomic mass is 10.2. The zero-order valence-corrected chi connectivity index (χ0v) is 14.3. The van der Waals surface area contributed by atoms with Crippen molar-refractivity contribution in [2.45, 2.75) is 18.1 Å². The molecule has 1 aromatic heterocycles. The summed E-state index contributed by atoms with van der Waals surface area (Å²) < 4.78 is 55.8. The van der Waals surface area contributed by atoms with E-state index in [1.807, 2.05) is 0 Å². The Balaban J connectivity index is 2.34. The van der Waals surface area contributed by atoms with E-state index in [9.17, 15) is 26.8 Å². The number of alkyl halides is 2. The molecule has 0 atom stereocenters. The molecule has 0 spiro atoms. The number of benzene rings is 1. The largest absolute Gasteiger partial charge is 0.435 e. The van der Waals surface area contributed by atoms with Crippen molar-refractivity contribution < 1.29 is 21.9 Å². The van der Waals surface area contributed by atoms with Crippen LogP contribution in [0.5, 0.6) is 5.75 Å². The third-order valence-corrected chi connectivity index (χ3v) is 5.04. The van der Waals surface area contributed by atoms with Crippen LogP contribution in [0.4, 0.5) is 8.78 Å². The van der Waals surface area contributed by atoms with Crippen LogP contribution in [-0.2, 0) is 35.4 Å². The molecule has 136 valence electrons. The van der Waals surface area contributed by atoms with E-state index in [-0.39, 0.29) is 17.0 Å². The average molecular weight is 374 g/mol. The minimum atomic E-state index is -3.85. The van der Waals surface area contributed by atoms with E-state index in [0.717, 1.165) is 15.2 Å². The zero-order valence-electron chi connectivity index (χ0n) is 13.5. The molecule has 2 aromatic rings. The van der Waals surface area contributed by atoms with Crippen molar-refractivity contribution >= 4 is 9.84 Å². The molecule has 0 unspecified atom stereocenters. The van der Waals surface area contributed by atoms with Gasteiger partial charge in [0, 0.05) is 31.4 Å². The summed E-state index contributed by atoms with van der Waals surface area (Å²) in [4.78, 5) is 23.5. The highest BCUT2D eigenvalue weighted by Crippen LogP contribution is 2.23. The quantitative estimate of drug-likeness (QED) is 0.746. The minimum absolute atomic E-state index is 0.0142. The molecular weight excluding hydrogens is 358 g/mol. The zero-order chi connectivity index (χ0) is 18.8. The molecule has 0 N–H and O–H groups in total. The second-order valence-electron chi connectivity index (χ2n) is 5.39. The van der Waals surface area contributed by atoms with Crippen molar-refractivity contribution in [1.29, 1.82) is 0 Å². The smallest absolute Gasteiger partial charge is 0.387 e. The van der Waals surface area contributed by atoms with E-state index in [4.69, 9.17) is 0 Å². The fourth-order valence-electron chi connectivity index (χ4n) is 2.26. The van der Waals surface area contributed by atoms with Gasteiger partial charge >= 0.3 is 12.3 Å². The minimum Gasteiger partial charge on any atom is -0.435 e. The number of rotatable bonds is 6. The summed E-state index contributed by atoms with van der Waals surface area (Å²) in [5.41, 5.74) is -1.20. The molecule has 0 saturated heterocycles. The van der Waals surface area contributed by atoms with Gasteiger partial charge in [-0.2, -0.15) is 8.78 Å². The highest BCUT2D eigenvalue weighted by molar-refractivity contribution is 7.89. The van der Waals surface area contributed by atoms with Gasteiger partial charge in [0.05, 0.1) is 11.5 Å². The number of aromatic nitrogens is 2. The van der Waals surface area contributed by atoms with E-state index < -0.39 is 39.2 Å². The van der Waals surface area contributed by atoms with E-state index >= 15 is 0 Å². The molecule has 0 saturated carbocycles. The predicted molar refractivity (Wildman–Crippen MR) is 86.3 cm³/mol. The van der Waals surface area contributed by atoms with Crippen molar-refractivity contribution in [3.05, 3.63) is 62.4 Å². The van der Waals surface area contributed by atoms with Crippen molar-refractivity contribution in [1.82, 2.24) is 9.13 Å². The van der Waals surface area contributed by atoms with Gasteiger partial charge in [0.2, 0.25) is 0 Å². The molecule has 1 aromatic carbocycles. The number of ether oxygens (including phenoxy) is 1. The monoisotopic (exact) mass is 374 g/mol. The molecular formula is C15H16F2N2O5S. The van der Waals surface area contributed by atoms with Crippen molar-refractivity contribution in [3.8, 4) is 5.75 Å². The molecule has 10 heteroatoms. The lowest BCUT2D eigenvalue weighted by Gasteiger charge is -2.12. The summed E-state index contributed by atoms with van der Waals surface area (Å²) in [6.45, 7) is -3.08. The van der Waals surface area contributed by atoms with Crippen LogP contribution in [0.25, 0.3) is 0 Å². The molecule has 1 heterocycles. The summed E-state index contributed by atoms with van der Waals surface area (Å²) in [5.74, 6) is -1.39. The van der Waals surface area contributed by atoms with Gasteiger partial charge in [-0.1, -0.05) is 18.2 Å². The summed E-state index contributed by atoms with van der Waals surface area (Å²) in [6.07, 6.45) is 0. The van der Waals surface area contributed by atoms with Gasteiger partial charge in [-0.25, -0.2) is 13.2 Å². The van der Waals surface area contributed by atoms with Crippen LogP contribution in [0.1, 0.15) is 11.3 Å². The molecule has 2 rings (SSSR count). The Bertz CT molecular complexity index is 996. The standard InChI is InChI=1S/C15H16F2N2O5S/c1-18-11(7-13(20)19(2)15(18)21)9-25(22,23)8-10-5-3-4-6-12(10)24-14(16)17/h3-7,14H,8-9H2,1-2H3. The number of nitrogens with zero attached hydrogens (tertiary/aromatic N) is 2. The first-order chi connectivity index (χ1) is 11.6. The number of hydrogen-bond donors (Lipinski definition) is 0. The molecule has 0 amide bonds. The Morgan fingerprint density at radius 1 is 1.08 bits per heavy atom. The Morgan fingerprint density at radius 3 is 2.36 bits per heavy atom. The normalized spacial score (nSPS) is 11.7. The maximum absolute atomic E-state index is 12.4. The fraction of sp³-hybridized carbons (Fsp3) is 0.333. The molecule has 25 heavy (non-hydrogen) atoms. The van der Waals surface area contributed by atoms with Gasteiger partial charge < -0.3 is 4.74 Å². The van der Waals surface area contributed by atoms with Crippen molar-refractivity contribution in [2.75, 3.05) is 0 Å². The van der Waals surface area contributed by atoms with E-state index in [0.29, 0.717) is 0 Å². The second kappa shape index (κ2) is 7.18. The van der Waals surface area contributed by atoms with Crippen LogP contribution in [0.3, 0.4) is 0 Å². The van der Waals surface area contributed by atoms with Gasteiger partial charge in [0.25, 0.3) is 5.56 Å². The van der Waals surface area contributed by atoms with Crippen LogP contribution in [0.2, 0.25) is 0 Å². The molecule has 0 aliphatic heterocycles. The average Bonchev–Trinajstić information content (AvgIpc) is 2.51. The Morgan fingerprint density at radius 2 is 1.72 bits per heavy atom. The van der Waals surface area contributed by atoms with E-state index in [1.165, 1.54) is 38.4 Å². The van der Waals surface area contributed by atoms with Gasteiger partial charge in [-0.15, -0.1) is 0 Å². The highest BCUT2D eigenvalue weighted by atomic mass is 32.2. The summed E-state index contributed by atoms with van der Waals surface area (Å²) in [5, 5.41) is 0. The molecule has 0 aliphatic carbocycles.